The van der Waals surface area contributed by atoms with Gasteiger partial charge in [0.05, 0.1) is 5.69 Å². The molecule has 0 saturated heterocycles. The second-order valence-corrected chi connectivity index (χ2v) is 12.0. The summed E-state index contributed by atoms with van der Waals surface area (Å²) in [5.41, 5.74) is 3.67. The Morgan fingerprint density at radius 3 is 2.09 bits per heavy atom. The number of aryl methyl sites for hydroxylation is 1. The van der Waals surface area contributed by atoms with Crippen molar-refractivity contribution in [1.82, 2.24) is 4.98 Å². The maximum Gasteiger partial charge on any atom is 0.0702 e. The van der Waals surface area contributed by atoms with E-state index in [1.54, 1.807) is 0 Å². The molecule has 32 heavy (non-hydrogen) atoms. The number of rotatable bonds is 12. The first-order chi connectivity index (χ1) is 15.5. The molecule has 1 nitrogen and oxygen atoms in total. The Labute approximate surface area is 202 Å². The van der Waals surface area contributed by atoms with Gasteiger partial charge in [-0.1, -0.05) is 84.4 Å². The van der Waals surface area contributed by atoms with E-state index >= 15 is 0 Å². The summed E-state index contributed by atoms with van der Waals surface area (Å²) in [6.45, 7) is 9.29. The summed E-state index contributed by atoms with van der Waals surface area (Å²) in [6.07, 6.45) is 15.8. The average Bonchev–Trinajstić information content (AvgIpc) is 2.79. The number of aromatic nitrogens is 1. The molecule has 0 spiro atoms. The van der Waals surface area contributed by atoms with Crippen molar-refractivity contribution in [3.05, 3.63) is 48.2 Å². The van der Waals surface area contributed by atoms with Crippen LogP contribution < -0.4 is 0 Å². The van der Waals surface area contributed by atoms with Gasteiger partial charge < -0.3 is 0 Å². The lowest BCUT2D eigenvalue weighted by Crippen LogP contribution is -2.16. The minimum atomic E-state index is 0.785. The van der Waals surface area contributed by atoms with E-state index in [0.717, 1.165) is 35.8 Å². The Morgan fingerprint density at radius 2 is 1.47 bits per heavy atom. The minimum absolute atomic E-state index is 0.785. The quantitative estimate of drug-likeness (QED) is 0.298. The van der Waals surface area contributed by atoms with E-state index in [1.165, 1.54) is 79.6 Å². The van der Waals surface area contributed by atoms with E-state index in [2.05, 4.69) is 70.3 Å². The van der Waals surface area contributed by atoms with Crippen LogP contribution in [0.15, 0.2) is 47.5 Å². The molecule has 1 aliphatic carbocycles. The highest BCUT2D eigenvalue weighted by Crippen LogP contribution is 2.35. The number of hydrogen-bond acceptors (Lipinski definition) is 2. The third kappa shape index (κ3) is 8.93. The second-order valence-electron chi connectivity index (χ2n) is 10.9. The van der Waals surface area contributed by atoms with Gasteiger partial charge in [-0.2, -0.15) is 0 Å². The molecule has 0 aliphatic heterocycles. The summed E-state index contributed by atoms with van der Waals surface area (Å²) >= 11 is 2.05. The van der Waals surface area contributed by atoms with Gasteiger partial charge in [-0.3, -0.25) is 4.98 Å². The molecule has 0 radical (unpaired) electrons. The number of pyridine rings is 1. The van der Waals surface area contributed by atoms with Gasteiger partial charge in [0, 0.05) is 22.4 Å². The third-order valence-corrected chi connectivity index (χ3v) is 8.31. The lowest BCUT2D eigenvalue weighted by molar-refractivity contribution is 0.272. The second kappa shape index (κ2) is 13.4. The molecule has 0 unspecified atom stereocenters. The number of nitrogens with zero attached hydrogens (tertiary/aromatic N) is 1. The van der Waals surface area contributed by atoms with Crippen LogP contribution in [0, 0.1) is 23.7 Å². The number of thioether (sulfide) groups is 1. The number of hydrogen-bond donors (Lipinski definition) is 0. The van der Waals surface area contributed by atoms with Crippen molar-refractivity contribution in [2.45, 2.75) is 96.8 Å². The fraction of sp³-hybridized carbons (Fsp3) is 0.633. The van der Waals surface area contributed by atoms with Crippen LogP contribution >= 0.6 is 11.8 Å². The fourth-order valence-corrected chi connectivity index (χ4v) is 5.99. The zero-order valence-corrected chi connectivity index (χ0v) is 21.8. The standard InChI is InChI=1S/C30H45NS/c1-23(2)7-5-9-25-11-13-27(14-12-25)22-32-29-18-16-28(17-19-29)30-20-15-26(21-31-30)10-6-8-24(3)4/h15-21,23-25,27H,5-14,22H2,1-4H3. The monoisotopic (exact) mass is 451 g/mol. The van der Waals surface area contributed by atoms with Crippen LogP contribution in [-0.4, -0.2) is 10.7 Å². The van der Waals surface area contributed by atoms with Crippen LogP contribution in [0.3, 0.4) is 0 Å². The maximum absolute atomic E-state index is 4.73. The summed E-state index contributed by atoms with van der Waals surface area (Å²) in [6, 6.07) is 13.5. The molecule has 2 heteroatoms. The first-order valence-electron chi connectivity index (χ1n) is 13.2. The van der Waals surface area contributed by atoms with Crippen molar-refractivity contribution in [2.75, 3.05) is 5.75 Å². The van der Waals surface area contributed by atoms with E-state index in [9.17, 15) is 0 Å². The molecule has 1 aromatic heterocycles. The molecule has 0 amide bonds. The van der Waals surface area contributed by atoms with Crippen molar-refractivity contribution in [3.8, 4) is 11.3 Å². The molecule has 0 atom stereocenters. The molecule has 1 aromatic carbocycles. The molecule has 1 heterocycles. The summed E-state index contributed by atoms with van der Waals surface area (Å²) in [7, 11) is 0. The lowest BCUT2D eigenvalue weighted by Gasteiger charge is -2.28. The molecule has 1 saturated carbocycles. The molecule has 2 aromatic rings. The zero-order chi connectivity index (χ0) is 22.8. The van der Waals surface area contributed by atoms with Crippen LogP contribution in [-0.2, 0) is 6.42 Å². The summed E-state index contributed by atoms with van der Waals surface area (Å²) in [5, 5.41) is 0. The Morgan fingerprint density at radius 1 is 0.812 bits per heavy atom. The molecule has 176 valence electrons. The van der Waals surface area contributed by atoms with Gasteiger partial charge >= 0.3 is 0 Å². The molecule has 0 N–H and O–H groups in total. The Hall–Kier alpha value is -1.28. The van der Waals surface area contributed by atoms with Gasteiger partial charge in [0.1, 0.15) is 0 Å². The van der Waals surface area contributed by atoms with Crippen molar-refractivity contribution in [3.63, 3.8) is 0 Å². The SMILES string of the molecule is CC(C)CCCc1ccc(-c2ccc(SCC3CCC(CCCC(C)C)CC3)cc2)nc1. The van der Waals surface area contributed by atoms with Gasteiger partial charge in [-0.25, -0.2) is 0 Å². The molecule has 0 bridgehead atoms. The molecule has 1 fully saturated rings. The van der Waals surface area contributed by atoms with E-state index in [-0.39, 0.29) is 0 Å². The topological polar surface area (TPSA) is 12.9 Å². The van der Waals surface area contributed by atoms with Gasteiger partial charge in [0.2, 0.25) is 0 Å². The Bertz CT molecular complexity index is 754. The van der Waals surface area contributed by atoms with Gasteiger partial charge in [0.25, 0.3) is 0 Å². The van der Waals surface area contributed by atoms with Crippen LogP contribution in [0.1, 0.15) is 91.0 Å². The van der Waals surface area contributed by atoms with E-state index in [0.29, 0.717) is 0 Å². The minimum Gasteiger partial charge on any atom is -0.256 e. The van der Waals surface area contributed by atoms with E-state index in [1.807, 2.05) is 11.8 Å². The Balaban J connectivity index is 1.39. The molecule has 1 aliphatic rings. The summed E-state index contributed by atoms with van der Waals surface area (Å²) in [5.74, 6) is 4.84. The highest BCUT2D eigenvalue weighted by atomic mass is 32.2. The average molecular weight is 452 g/mol. The first-order valence-corrected chi connectivity index (χ1v) is 14.2. The largest absolute Gasteiger partial charge is 0.256 e. The number of benzene rings is 1. The smallest absolute Gasteiger partial charge is 0.0702 e. The van der Waals surface area contributed by atoms with Crippen LogP contribution in [0.4, 0.5) is 0 Å². The molecular weight excluding hydrogens is 406 g/mol. The van der Waals surface area contributed by atoms with Crippen LogP contribution in [0.2, 0.25) is 0 Å². The van der Waals surface area contributed by atoms with Gasteiger partial charge in [0.15, 0.2) is 0 Å². The predicted molar refractivity (Wildman–Crippen MR) is 142 cm³/mol. The molecular formula is C30H45NS. The van der Waals surface area contributed by atoms with Crippen molar-refractivity contribution in [2.24, 2.45) is 23.7 Å². The van der Waals surface area contributed by atoms with Gasteiger partial charge in [-0.05, 0) is 73.1 Å². The first kappa shape index (κ1) is 25.3. The fourth-order valence-electron chi connectivity index (χ4n) is 4.90. The van der Waals surface area contributed by atoms with Crippen LogP contribution in [0.5, 0.6) is 0 Å². The van der Waals surface area contributed by atoms with E-state index in [4.69, 9.17) is 4.98 Å². The normalized spacial score (nSPS) is 19.1. The lowest BCUT2D eigenvalue weighted by atomic mass is 9.80. The molecule has 3 rings (SSSR count). The van der Waals surface area contributed by atoms with Crippen molar-refractivity contribution in [1.29, 1.82) is 0 Å². The highest BCUT2D eigenvalue weighted by Gasteiger charge is 2.21. The Kier molecular flexibility index (Phi) is 10.6. The third-order valence-electron chi connectivity index (χ3n) is 7.07. The highest BCUT2D eigenvalue weighted by molar-refractivity contribution is 7.99. The van der Waals surface area contributed by atoms with E-state index < -0.39 is 0 Å². The maximum atomic E-state index is 4.73. The summed E-state index contributed by atoms with van der Waals surface area (Å²) in [4.78, 5) is 6.13. The zero-order valence-electron chi connectivity index (χ0n) is 21.0. The van der Waals surface area contributed by atoms with Gasteiger partial charge in [-0.15, -0.1) is 11.8 Å². The van der Waals surface area contributed by atoms with Crippen LogP contribution in [0.25, 0.3) is 11.3 Å². The summed E-state index contributed by atoms with van der Waals surface area (Å²) < 4.78 is 0. The van der Waals surface area contributed by atoms with Crippen molar-refractivity contribution >= 4 is 11.8 Å². The van der Waals surface area contributed by atoms with Crippen molar-refractivity contribution < 1.29 is 0 Å². The predicted octanol–water partition coefficient (Wildman–Crippen LogP) is 9.45.